The second-order valence-electron chi connectivity index (χ2n) is 4.97. The van der Waals surface area contributed by atoms with Crippen LogP contribution in [0.5, 0.6) is 0 Å². The number of likely N-dealkylation sites (tertiary alicyclic amines) is 1. The molecule has 0 atom stereocenters. The molecule has 6 nitrogen and oxygen atoms in total. The summed E-state index contributed by atoms with van der Waals surface area (Å²) in [7, 11) is 2.04. The molecule has 2 rings (SSSR count). The molecule has 1 aliphatic heterocycles. The van der Waals surface area contributed by atoms with Gasteiger partial charge in [0.05, 0.1) is 15.5 Å². The summed E-state index contributed by atoms with van der Waals surface area (Å²) in [5.74, 6) is -0.353. The Morgan fingerprint density at radius 3 is 2.70 bits per heavy atom. The van der Waals surface area contributed by atoms with Crippen LogP contribution in [-0.4, -0.2) is 41.9 Å². The molecule has 1 N–H and O–H groups in total. The monoisotopic (exact) mass is 297 g/mol. The first-order valence-corrected chi connectivity index (χ1v) is 6.78. The van der Waals surface area contributed by atoms with E-state index in [1.807, 2.05) is 7.05 Å². The summed E-state index contributed by atoms with van der Waals surface area (Å²) < 4.78 is 0. The minimum Gasteiger partial charge on any atom is -0.349 e. The number of carbonyl (C=O) groups excluding carboxylic acids is 1. The van der Waals surface area contributed by atoms with Crippen LogP contribution in [0.25, 0.3) is 0 Å². The second kappa shape index (κ2) is 6.19. The second-order valence-corrected chi connectivity index (χ2v) is 5.38. The Morgan fingerprint density at radius 1 is 1.45 bits per heavy atom. The van der Waals surface area contributed by atoms with E-state index in [4.69, 9.17) is 11.6 Å². The summed E-state index contributed by atoms with van der Waals surface area (Å²) in [5.41, 5.74) is 0.0164. The van der Waals surface area contributed by atoms with Crippen molar-refractivity contribution in [2.24, 2.45) is 0 Å². The first-order chi connectivity index (χ1) is 9.47. The van der Waals surface area contributed by atoms with Crippen molar-refractivity contribution >= 4 is 23.2 Å². The number of hydrogen-bond acceptors (Lipinski definition) is 4. The van der Waals surface area contributed by atoms with Crippen LogP contribution in [-0.2, 0) is 0 Å². The molecule has 1 saturated heterocycles. The molecule has 0 spiro atoms. The van der Waals surface area contributed by atoms with Gasteiger partial charge in [-0.3, -0.25) is 14.9 Å². The Balaban J connectivity index is 2.08. The molecule has 0 saturated carbocycles. The van der Waals surface area contributed by atoms with Gasteiger partial charge in [-0.15, -0.1) is 0 Å². The predicted molar refractivity (Wildman–Crippen MR) is 76.1 cm³/mol. The highest BCUT2D eigenvalue weighted by molar-refractivity contribution is 6.33. The number of rotatable bonds is 3. The Labute approximate surface area is 121 Å². The van der Waals surface area contributed by atoms with Crippen LogP contribution in [0.3, 0.4) is 0 Å². The highest BCUT2D eigenvalue weighted by Gasteiger charge is 2.21. The normalized spacial score (nSPS) is 16.9. The third-order valence-electron chi connectivity index (χ3n) is 3.46. The van der Waals surface area contributed by atoms with E-state index in [2.05, 4.69) is 10.2 Å². The van der Waals surface area contributed by atoms with Crippen LogP contribution in [0.15, 0.2) is 18.2 Å². The first kappa shape index (κ1) is 14.7. The van der Waals surface area contributed by atoms with Gasteiger partial charge >= 0.3 is 0 Å². The van der Waals surface area contributed by atoms with Gasteiger partial charge in [0.25, 0.3) is 11.6 Å². The van der Waals surface area contributed by atoms with Crippen molar-refractivity contribution < 1.29 is 9.72 Å². The van der Waals surface area contributed by atoms with Gasteiger partial charge in [0.1, 0.15) is 0 Å². The fraction of sp³-hybridized carbons (Fsp3) is 0.462. The van der Waals surface area contributed by atoms with Crippen LogP contribution in [0, 0.1) is 10.1 Å². The van der Waals surface area contributed by atoms with Crippen molar-refractivity contribution in [1.29, 1.82) is 0 Å². The number of nitro benzene ring substituents is 1. The number of non-ortho nitro benzene ring substituents is 1. The summed E-state index contributed by atoms with van der Waals surface area (Å²) in [4.78, 5) is 24.6. The zero-order valence-electron chi connectivity index (χ0n) is 11.1. The zero-order chi connectivity index (χ0) is 14.7. The number of piperidine rings is 1. The lowest BCUT2D eigenvalue weighted by molar-refractivity contribution is -0.384. The quantitative estimate of drug-likeness (QED) is 0.684. The minimum atomic E-state index is -0.539. The van der Waals surface area contributed by atoms with Crippen molar-refractivity contribution in [2.45, 2.75) is 18.9 Å². The maximum Gasteiger partial charge on any atom is 0.270 e. The average molecular weight is 298 g/mol. The minimum absolute atomic E-state index is 0.0917. The number of carbonyl (C=O) groups is 1. The molecule has 108 valence electrons. The molecule has 1 aromatic rings. The Morgan fingerprint density at radius 2 is 2.10 bits per heavy atom. The zero-order valence-corrected chi connectivity index (χ0v) is 11.9. The molecule has 7 heteroatoms. The van der Waals surface area contributed by atoms with Crippen molar-refractivity contribution in [2.75, 3.05) is 20.1 Å². The number of hydrogen-bond donors (Lipinski definition) is 1. The molecule has 1 fully saturated rings. The van der Waals surface area contributed by atoms with Crippen LogP contribution < -0.4 is 5.32 Å². The van der Waals surface area contributed by atoms with Crippen molar-refractivity contribution in [3.63, 3.8) is 0 Å². The van der Waals surface area contributed by atoms with E-state index >= 15 is 0 Å². The van der Waals surface area contributed by atoms with E-state index in [1.54, 1.807) is 0 Å². The summed E-state index contributed by atoms with van der Waals surface area (Å²) in [6.45, 7) is 1.85. The lowest BCUT2D eigenvalue weighted by Gasteiger charge is -2.29. The largest absolute Gasteiger partial charge is 0.349 e. The number of nitro groups is 1. The lowest BCUT2D eigenvalue weighted by atomic mass is 10.0. The van der Waals surface area contributed by atoms with E-state index in [0.29, 0.717) is 0 Å². The molecule has 0 bridgehead atoms. The van der Waals surface area contributed by atoms with Gasteiger partial charge < -0.3 is 10.2 Å². The number of benzene rings is 1. The maximum absolute atomic E-state index is 12.2. The first-order valence-electron chi connectivity index (χ1n) is 6.40. The van der Waals surface area contributed by atoms with Crippen LogP contribution in [0.1, 0.15) is 23.2 Å². The van der Waals surface area contributed by atoms with E-state index in [-0.39, 0.29) is 28.2 Å². The number of nitrogens with zero attached hydrogens (tertiary/aromatic N) is 2. The van der Waals surface area contributed by atoms with Gasteiger partial charge in [-0.05, 0) is 39.0 Å². The molecule has 1 amide bonds. The van der Waals surface area contributed by atoms with Gasteiger partial charge in [0.15, 0.2) is 0 Å². The summed E-state index contributed by atoms with van der Waals surface area (Å²) in [5, 5.41) is 13.9. The Hall–Kier alpha value is -1.66. The smallest absolute Gasteiger partial charge is 0.270 e. The molecule has 0 radical (unpaired) electrons. The maximum atomic E-state index is 12.2. The highest BCUT2D eigenvalue weighted by Crippen LogP contribution is 2.22. The van der Waals surface area contributed by atoms with Gasteiger partial charge in [-0.2, -0.15) is 0 Å². The van der Waals surface area contributed by atoms with E-state index in [9.17, 15) is 14.9 Å². The third-order valence-corrected chi connectivity index (χ3v) is 3.79. The Bertz CT molecular complexity index is 528. The SMILES string of the molecule is CN1CCC(NC(=O)c2cc([N+](=O)[O-])ccc2Cl)CC1. The molecular formula is C13H16ClN3O3. The molecular weight excluding hydrogens is 282 g/mol. The summed E-state index contributed by atoms with van der Waals surface area (Å²) in [6, 6.07) is 3.97. The summed E-state index contributed by atoms with van der Waals surface area (Å²) >= 11 is 5.94. The molecule has 0 aromatic heterocycles. The summed E-state index contributed by atoms with van der Waals surface area (Å²) in [6.07, 6.45) is 1.74. The van der Waals surface area contributed by atoms with Crippen LogP contribution in [0.4, 0.5) is 5.69 Å². The van der Waals surface area contributed by atoms with Crippen LogP contribution >= 0.6 is 11.6 Å². The van der Waals surface area contributed by atoms with Gasteiger partial charge in [-0.1, -0.05) is 11.6 Å². The van der Waals surface area contributed by atoms with E-state index in [0.717, 1.165) is 25.9 Å². The van der Waals surface area contributed by atoms with Gasteiger partial charge in [-0.25, -0.2) is 0 Å². The molecule has 20 heavy (non-hydrogen) atoms. The number of halogens is 1. The molecule has 1 aromatic carbocycles. The topological polar surface area (TPSA) is 75.5 Å². The standard InChI is InChI=1S/C13H16ClN3O3/c1-16-6-4-9(5-7-16)15-13(18)11-8-10(17(19)20)2-3-12(11)14/h2-3,8-9H,4-7H2,1H3,(H,15,18). The number of nitrogens with one attached hydrogen (secondary N) is 1. The van der Waals surface area contributed by atoms with Crippen LogP contribution in [0.2, 0.25) is 5.02 Å². The fourth-order valence-corrected chi connectivity index (χ4v) is 2.42. The van der Waals surface area contributed by atoms with Gasteiger partial charge in [0, 0.05) is 18.2 Å². The Kier molecular flexibility index (Phi) is 4.57. The number of amides is 1. The highest BCUT2D eigenvalue weighted by atomic mass is 35.5. The predicted octanol–water partition coefficient (Wildman–Crippen LogP) is 2.07. The van der Waals surface area contributed by atoms with Crippen molar-refractivity contribution in [3.8, 4) is 0 Å². The molecule has 1 aliphatic rings. The van der Waals surface area contributed by atoms with Crippen molar-refractivity contribution in [3.05, 3.63) is 38.9 Å². The lowest BCUT2D eigenvalue weighted by Crippen LogP contribution is -2.43. The van der Waals surface area contributed by atoms with E-state index in [1.165, 1.54) is 18.2 Å². The molecule has 1 heterocycles. The average Bonchev–Trinajstić information content (AvgIpc) is 2.41. The van der Waals surface area contributed by atoms with Gasteiger partial charge in [0.2, 0.25) is 0 Å². The molecule has 0 unspecified atom stereocenters. The third kappa shape index (κ3) is 3.46. The fourth-order valence-electron chi connectivity index (χ4n) is 2.22. The van der Waals surface area contributed by atoms with E-state index < -0.39 is 4.92 Å². The molecule has 0 aliphatic carbocycles. The van der Waals surface area contributed by atoms with Crippen molar-refractivity contribution in [1.82, 2.24) is 10.2 Å².